The Bertz CT molecular complexity index is 279. The number of rotatable bonds is 5. The Kier molecular flexibility index (Phi) is 7.35. The Morgan fingerprint density at radius 3 is 2.30 bits per heavy atom. The number of ether oxygens (including phenoxy) is 1. The molecule has 0 aliphatic heterocycles. The van der Waals surface area contributed by atoms with E-state index in [9.17, 15) is 4.79 Å². The maximum Gasteiger partial charge on any atom is 0.407 e. The lowest BCUT2D eigenvalue weighted by molar-refractivity contribution is 0.0501. The summed E-state index contributed by atoms with van der Waals surface area (Å²) in [6.07, 6.45) is 8.52. The molecule has 0 aromatic heterocycles. The molecule has 1 atom stereocenters. The highest BCUT2D eigenvalue weighted by Crippen LogP contribution is 2.17. The molecular weight excluding hydrogens is 252 g/mol. The highest BCUT2D eigenvalue weighted by atomic mass is 16.6. The first-order valence-electron chi connectivity index (χ1n) is 8.13. The smallest absolute Gasteiger partial charge is 0.407 e. The largest absolute Gasteiger partial charge is 0.444 e. The Balaban J connectivity index is 2.29. The summed E-state index contributed by atoms with van der Waals surface area (Å²) >= 11 is 0. The van der Waals surface area contributed by atoms with Crippen LogP contribution in [0.3, 0.4) is 0 Å². The van der Waals surface area contributed by atoms with Gasteiger partial charge in [0.2, 0.25) is 0 Å². The Morgan fingerprint density at radius 1 is 1.20 bits per heavy atom. The molecule has 4 heteroatoms. The van der Waals surface area contributed by atoms with Gasteiger partial charge < -0.3 is 15.4 Å². The van der Waals surface area contributed by atoms with E-state index < -0.39 is 5.60 Å². The van der Waals surface area contributed by atoms with Gasteiger partial charge in [0.05, 0.1) is 0 Å². The van der Waals surface area contributed by atoms with Crippen molar-refractivity contribution in [2.75, 3.05) is 6.54 Å². The fraction of sp³-hybridized carbons (Fsp3) is 0.938. The van der Waals surface area contributed by atoms with Crippen molar-refractivity contribution in [2.24, 2.45) is 0 Å². The number of hydrogen-bond donors (Lipinski definition) is 2. The van der Waals surface area contributed by atoms with Gasteiger partial charge in [-0.3, -0.25) is 0 Å². The van der Waals surface area contributed by atoms with Gasteiger partial charge in [0.1, 0.15) is 5.60 Å². The monoisotopic (exact) mass is 284 g/mol. The molecule has 1 aliphatic carbocycles. The molecule has 1 amide bonds. The van der Waals surface area contributed by atoms with Crippen LogP contribution in [-0.2, 0) is 4.74 Å². The van der Waals surface area contributed by atoms with Crippen molar-refractivity contribution in [1.82, 2.24) is 10.6 Å². The average molecular weight is 284 g/mol. The summed E-state index contributed by atoms with van der Waals surface area (Å²) in [6.45, 7) is 8.59. The van der Waals surface area contributed by atoms with Crippen LogP contribution in [0.4, 0.5) is 4.79 Å². The number of amides is 1. The zero-order valence-electron chi connectivity index (χ0n) is 13.6. The number of alkyl carbamates (subject to hydrolysis) is 1. The van der Waals surface area contributed by atoms with Gasteiger partial charge in [0, 0.05) is 18.6 Å². The molecule has 0 spiro atoms. The van der Waals surface area contributed by atoms with Gasteiger partial charge >= 0.3 is 6.09 Å². The van der Waals surface area contributed by atoms with Crippen LogP contribution < -0.4 is 10.6 Å². The second kappa shape index (κ2) is 8.50. The van der Waals surface area contributed by atoms with Gasteiger partial charge in [-0.1, -0.05) is 32.6 Å². The van der Waals surface area contributed by atoms with E-state index in [0.29, 0.717) is 6.04 Å². The number of nitrogens with one attached hydrogen (secondary N) is 2. The topological polar surface area (TPSA) is 50.4 Å². The summed E-state index contributed by atoms with van der Waals surface area (Å²) < 4.78 is 5.30. The zero-order valence-corrected chi connectivity index (χ0v) is 13.6. The van der Waals surface area contributed by atoms with Gasteiger partial charge in [0.25, 0.3) is 0 Å². The van der Waals surface area contributed by atoms with Crippen LogP contribution in [0.2, 0.25) is 0 Å². The lowest BCUT2D eigenvalue weighted by Crippen LogP contribution is -2.46. The van der Waals surface area contributed by atoms with E-state index >= 15 is 0 Å². The quantitative estimate of drug-likeness (QED) is 0.758. The van der Waals surface area contributed by atoms with E-state index in [4.69, 9.17) is 4.74 Å². The van der Waals surface area contributed by atoms with Crippen LogP contribution in [0, 0.1) is 0 Å². The third kappa shape index (κ3) is 7.73. The van der Waals surface area contributed by atoms with Crippen LogP contribution in [0.25, 0.3) is 0 Å². The van der Waals surface area contributed by atoms with E-state index in [1.165, 1.54) is 38.5 Å². The summed E-state index contributed by atoms with van der Waals surface area (Å²) in [5.74, 6) is 0. The molecule has 1 rings (SSSR count). The summed E-state index contributed by atoms with van der Waals surface area (Å²) in [5, 5.41) is 6.57. The molecule has 1 unspecified atom stereocenters. The molecule has 1 fully saturated rings. The molecule has 0 radical (unpaired) electrons. The van der Waals surface area contributed by atoms with Crippen LogP contribution in [-0.4, -0.2) is 30.3 Å². The van der Waals surface area contributed by atoms with E-state index in [-0.39, 0.29) is 12.1 Å². The highest BCUT2D eigenvalue weighted by molar-refractivity contribution is 5.68. The van der Waals surface area contributed by atoms with E-state index in [1.807, 2.05) is 20.8 Å². The van der Waals surface area contributed by atoms with Crippen LogP contribution in [0.5, 0.6) is 0 Å². The van der Waals surface area contributed by atoms with Gasteiger partial charge in [-0.05, 0) is 40.0 Å². The zero-order chi connectivity index (χ0) is 15.0. The van der Waals surface area contributed by atoms with Crippen molar-refractivity contribution in [3.05, 3.63) is 0 Å². The molecule has 0 heterocycles. The molecular formula is C16H32N2O2. The minimum atomic E-state index is -0.433. The lowest BCUT2D eigenvalue weighted by Gasteiger charge is -2.25. The predicted octanol–water partition coefficient (Wildman–Crippen LogP) is 3.60. The summed E-state index contributed by atoms with van der Waals surface area (Å²) in [5.41, 5.74) is -0.433. The lowest BCUT2D eigenvalue weighted by atomic mass is 10.1. The normalized spacial score (nSPS) is 19.2. The molecule has 118 valence electrons. The summed E-state index contributed by atoms with van der Waals surface area (Å²) in [6, 6.07) is 0.764. The van der Waals surface area contributed by atoms with Crippen LogP contribution >= 0.6 is 0 Å². The molecule has 0 bridgehead atoms. The van der Waals surface area contributed by atoms with Crippen molar-refractivity contribution in [1.29, 1.82) is 0 Å². The van der Waals surface area contributed by atoms with Gasteiger partial charge in [-0.25, -0.2) is 4.79 Å². The fourth-order valence-electron chi connectivity index (χ4n) is 2.56. The Hall–Kier alpha value is -0.770. The van der Waals surface area contributed by atoms with Gasteiger partial charge in [-0.15, -0.1) is 0 Å². The summed E-state index contributed by atoms with van der Waals surface area (Å²) in [7, 11) is 0. The molecule has 2 N–H and O–H groups in total. The number of carbonyl (C=O) groups excluding carboxylic acids is 1. The first-order chi connectivity index (χ1) is 9.40. The van der Waals surface area contributed by atoms with Crippen LogP contribution in [0.15, 0.2) is 0 Å². The van der Waals surface area contributed by atoms with Gasteiger partial charge in [0.15, 0.2) is 0 Å². The van der Waals surface area contributed by atoms with E-state index in [1.54, 1.807) is 0 Å². The first kappa shape index (κ1) is 17.3. The highest BCUT2D eigenvalue weighted by Gasteiger charge is 2.19. The maximum absolute atomic E-state index is 11.8. The molecule has 0 aromatic rings. The van der Waals surface area contributed by atoms with Gasteiger partial charge in [-0.2, -0.15) is 0 Å². The van der Waals surface area contributed by atoms with E-state index in [0.717, 1.165) is 13.0 Å². The minimum absolute atomic E-state index is 0.146. The van der Waals surface area contributed by atoms with Crippen molar-refractivity contribution in [3.8, 4) is 0 Å². The molecule has 0 aromatic carbocycles. The SMILES string of the molecule is CCC(CNC1CCCCCC1)NC(=O)OC(C)(C)C. The minimum Gasteiger partial charge on any atom is -0.444 e. The number of carbonyl (C=O) groups is 1. The fourth-order valence-corrected chi connectivity index (χ4v) is 2.56. The Labute approximate surface area is 124 Å². The third-order valence-corrected chi connectivity index (χ3v) is 3.72. The maximum atomic E-state index is 11.8. The second-order valence-electron chi connectivity index (χ2n) is 6.85. The van der Waals surface area contributed by atoms with Crippen LogP contribution in [0.1, 0.15) is 72.6 Å². The molecule has 1 aliphatic rings. The first-order valence-corrected chi connectivity index (χ1v) is 8.13. The van der Waals surface area contributed by atoms with Crippen molar-refractivity contribution in [3.63, 3.8) is 0 Å². The standard InChI is InChI=1S/C16H32N2O2/c1-5-13(18-15(19)20-16(2,3)4)12-17-14-10-8-6-7-9-11-14/h13-14,17H,5-12H2,1-4H3,(H,18,19). The van der Waals surface area contributed by atoms with Crippen molar-refractivity contribution in [2.45, 2.75) is 90.3 Å². The van der Waals surface area contributed by atoms with Crippen molar-refractivity contribution >= 4 is 6.09 Å². The predicted molar refractivity (Wildman–Crippen MR) is 82.9 cm³/mol. The number of hydrogen-bond acceptors (Lipinski definition) is 3. The second-order valence-corrected chi connectivity index (χ2v) is 6.85. The average Bonchev–Trinajstić information content (AvgIpc) is 2.60. The van der Waals surface area contributed by atoms with Crippen molar-refractivity contribution < 1.29 is 9.53 Å². The molecule has 4 nitrogen and oxygen atoms in total. The summed E-state index contributed by atoms with van der Waals surface area (Å²) in [4.78, 5) is 11.8. The Morgan fingerprint density at radius 2 is 1.80 bits per heavy atom. The molecule has 1 saturated carbocycles. The third-order valence-electron chi connectivity index (χ3n) is 3.72. The van der Waals surface area contributed by atoms with E-state index in [2.05, 4.69) is 17.6 Å². The molecule has 0 saturated heterocycles. The molecule has 20 heavy (non-hydrogen) atoms.